The Morgan fingerprint density at radius 3 is 2.83 bits per heavy atom. The zero-order chi connectivity index (χ0) is 13.0. The third-order valence-electron chi connectivity index (χ3n) is 3.38. The summed E-state index contributed by atoms with van der Waals surface area (Å²) in [6.07, 6.45) is 5.06. The van der Waals surface area contributed by atoms with Gasteiger partial charge in [0.2, 0.25) is 10.0 Å². The molecule has 1 aliphatic rings. The van der Waals surface area contributed by atoms with Gasteiger partial charge < -0.3 is 10.3 Å². The quantitative estimate of drug-likeness (QED) is 0.697. The second-order valence-corrected chi connectivity index (χ2v) is 6.56. The summed E-state index contributed by atoms with van der Waals surface area (Å²) in [6, 6.07) is 1.69. The average Bonchev–Trinajstić information content (AvgIpc) is 2.73. The number of sulfonamides is 1. The van der Waals surface area contributed by atoms with Crippen LogP contribution in [0.2, 0.25) is 0 Å². The van der Waals surface area contributed by atoms with Crippen molar-refractivity contribution in [3.63, 3.8) is 0 Å². The summed E-state index contributed by atoms with van der Waals surface area (Å²) in [5, 5.41) is 3.15. The van der Waals surface area contributed by atoms with E-state index in [0.29, 0.717) is 23.9 Å². The molecule has 0 bridgehead atoms. The van der Waals surface area contributed by atoms with Gasteiger partial charge in [-0.05, 0) is 31.4 Å². The predicted molar refractivity (Wildman–Crippen MR) is 70.7 cm³/mol. The van der Waals surface area contributed by atoms with E-state index in [-0.39, 0.29) is 0 Å². The normalized spacial score (nSPS) is 16.7. The molecule has 1 fully saturated rings. The first-order valence-electron chi connectivity index (χ1n) is 6.49. The Morgan fingerprint density at radius 2 is 2.22 bits per heavy atom. The van der Waals surface area contributed by atoms with Gasteiger partial charge in [-0.25, -0.2) is 13.1 Å². The highest BCUT2D eigenvalue weighted by Crippen LogP contribution is 2.25. The summed E-state index contributed by atoms with van der Waals surface area (Å²) < 4.78 is 26.7. The van der Waals surface area contributed by atoms with Crippen molar-refractivity contribution in [1.82, 2.24) is 15.0 Å². The van der Waals surface area contributed by atoms with Crippen LogP contribution in [-0.4, -0.2) is 26.5 Å². The van der Waals surface area contributed by atoms with Gasteiger partial charge >= 0.3 is 0 Å². The number of rotatable bonds is 7. The lowest BCUT2D eigenvalue weighted by molar-refractivity contribution is 0.316. The van der Waals surface area contributed by atoms with Gasteiger partial charge in [0.15, 0.2) is 0 Å². The molecule has 102 valence electrons. The van der Waals surface area contributed by atoms with Crippen LogP contribution >= 0.6 is 0 Å². The summed E-state index contributed by atoms with van der Waals surface area (Å²) in [4.78, 5) is 3.31. The van der Waals surface area contributed by atoms with Crippen molar-refractivity contribution in [3.05, 3.63) is 18.0 Å². The first kappa shape index (κ1) is 13.6. The van der Waals surface area contributed by atoms with Gasteiger partial charge in [-0.2, -0.15) is 0 Å². The van der Waals surface area contributed by atoms with Gasteiger partial charge in [-0.1, -0.05) is 13.3 Å². The zero-order valence-electron chi connectivity index (χ0n) is 10.7. The molecule has 18 heavy (non-hydrogen) atoms. The van der Waals surface area contributed by atoms with Gasteiger partial charge in [0.25, 0.3) is 0 Å². The molecule has 1 heterocycles. The minimum Gasteiger partial charge on any atom is -0.363 e. The first-order valence-corrected chi connectivity index (χ1v) is 7.98. The number of hydrogen-bond acceptors (Lipinski definition) is 3. The fourth-order valence-corrected chi connectivity index (χ4v) is 3.08. The van der Waals surface area contributed by atoms with Gasteiger partial charge in [-0.15, -0.1) is 0 Å². The van der Waals surface area contributed by atoms with Crippen LogP contribution in [0.25, 0.3) is 0 Å². The molecule has 1 aromatic heterocycles. The summed E-state index contributed by atoms with van der Waals surface area (Å²) in [5.41, 5.74) is 0.890. The maximum atomic E-state index is 12.0. The highest BCUT2D eigenvalue weighted by atomic mass is 32.2. The van der Waals surface area contributed by atoms with E-state index in [0.717, 1.165) is 25.1 Å². The molecule has 3 N–H and O–H groups in total. The second kappa shape index (κ2) is 5.86. The third-order valence-corrected chi connectivity index (χ3v) is 4.78. The van der Waals surface area contributed by atoms with E-state index in [1.807, 2.05) is 6.92 Å². The van der Waals surface area contributed by atoms with Crippen molar-refractivity contribution in [1.29, 1.82) is 0 Å². The van der Waals surface area contributed by atoms with E-state index < -0.39 is 10.0 Å². The summed E-state index contributed by atoms with van der Waals surface area (Å²) >= 11 is 0. The van der Waals surface area contributed by atoms with Crippen LogP contribution in [0.1, 0.15) is 31.9 Å². The van der Waals surface area contributed by atoms with E-state index in [1.165, 1.54) is 6.42 Å². The number of hydrogen-bond donors (Lipinski definition) is 3. The topological polar surface area (TPSA) is 74.0 Å². The lowest BCUT2D eigenvalue weighted by Gasteiger charge is -2.25. The molecule has 1 saturated carbocycles. The van der Waals surface area contributed by atoms with Crippen LogP contribution in [-0.2, 0) is 16.6 Å². The molecule has 0 unspecified atom stereocenters. The lowest BCUT2D eigenvalue weighted by Crippen LogP contribution is -2.32. The van der Waals surface area contributed by atoms with E-state index in [1.54, 1.807) is 12.3 Å². The van der Waals surface area contributed by atoms with Crippen molar-refractivity contribution in [2.24, 2.45) is 5.92 Å². The Bertz CT molecular complexity index is 477. The standard InChI is InChI=1S/C12H21N3O2S/c1-2-13-8-11-6-12(9-14-11)18(16,17)15-7-10-4-3-5-10/h6,9-10,13-15H,2-5,7-8H2,1H3. The van der Waals surface area contributed by atoms with Crippen LogP contribution in [0.3, 0.4) is 0 Å². The largest absolute Gasteiger partial charge is 0.363 e. The molecule has 6 heteroatoms. The fourth-order valence-electron chi connectivity index (χ4n) is 1.94. The lowest BCUT2D eigenvalue weighted by atomic mass is 9.86. The van der Waals surface area contributed by atoms with E-state index >= 15 is 0 Å². The summed E-state index contributed by atoms with van der Waals surface area (Å²) in [7, 11) is -3.34. The first-order chi connectivity index (χ1) is 8.62. The second-order valence-electron chi connectivity index (χ2n) is 4.79. The average molecular weight is 271 g/mol. The van der Waals surface area contributed by atoms with Crippen molar-refractivity contribution < 1.29 is 8.42 Å². The predicted octanol–water partition coefficient (Wildman–Crippen LogP) is 1.20. The van der Waals surface area contributed by atoms with Crippen LogP contribution < -0.4 is 10.0 Å². The van der Waals surface area contributed by atoms with Crippen LogP contribution in [0.15, 0.2) is 17.2 Å². The molecule has 0 saturated heterocycles. The smallest absolute Gasteiger partial charge is 0.242 e. The molecule has 2 rings (SSSR count). The molecule has 0 aliphatic heterocycles. The van der Waals surface area contributed by atoms with Crippen molar-refractivity contribution in [3.8, 4) is 0 Å². The zero-order valence-corrected chi connectivity index (χ0v) is 11.5. The maximum Gasteiger partial charge on any atom is 0.242 e. The van der Waals surface area contributed by atoms with E-state index in [4.69, 9.17) is 0 Å². The molecular weight excluding hydrogens is 250 g/mol. The number of aromatic nitrogens is 1. The van der Waals surface area contributed by atoms with Crippen LogP contribution in [0.5, 0.6) is 0 Å². The van der Waals surface area contributed by atoms with Crippen molar-refractivity contribution >= 4 is 10.0 Å². The Morgan fingerprint density at radius 1 is 1.44 bits per heavy atom. The molecule has 0 amide bonds. The summed E-state index contributed by atoms with van der Waals surface area (Å²) in [6.45, 7) is 4.10. The number of nitrogens with one attached hydrogen (secondary N) is 3. The molecule has 0 radical (unpaired) electrons. The molecule has 1 aromatic rings. The third kappa shape index (κ3) is 3.34. The Labute approximate surface area is 108 Å². The highest BCUT2D eigenvalue weighted by Gasteiger charge is 2.21. The molecule has 0 aromatic carbocycles. The van der Waals surface area contributed by atoms with Gasteiger partial charge in [0, 0.05) is 25.0 Å². The minimum atomic E-state index is -3.34. The minimum absolute atomic E-state index is 0.328. The van der Waals surface area contributed by atoms with Crippen molar-refractivity contribution in [2.45, 2.75) is 37.6 Å². The Hall–Kier alpha value is -0.850. The van der Waals surface area contributed by atoms with Gasteiger partial charge in [-0.3, -0.25) is 0 Å². The SMILES string of the molecule is CCNCc1cc(S(=O)(=O)NCC2CCC2)c[nH]1. The molecule has 1 aliphatic carbocycles. The monoisotopic (exact) mass is 271 g/mol. The highest BCUT2D eigenvalue weighted by molar-refractivity contribution is 7.89. The molecule has 0 spiro atoms. The molecule has 0 atom stereocenters. The fraction of sp³-hybridized carbons (Fsp3) is 0.667. The van der Waals surface area contributed by atoms with Crippen molar-refractivity contribution in [2.75, 3.05) is 13.1 Å². The van der Waals surface area contributed by atoms with Crippen LogP contribution in [0, 0.1) is 5.92 Å². The maximum absolute atomic E-state index is 12.0. The van der Waals surface area contributed by atoms with E-state index in [2.05, 4.69) is 15.0 Å². The Kier molecular flexibility index (Phi) is 4.42. The van der Waals surface area contributed by atoms with Gasteiger partial charge in [0.05, 0.1) is 4.90 Å². The number of aromatic amines is 1. The number of H-pyrrole nitrogens is 1. The molecular formula is C12H21N3O2S. The Balaban J connectivity index is 1.93. The summed E-state index contributed by atoms with van der Waals surface area (Å²) in [5.74, 6) is 0.528. The van der Waals surface area contributed by atoms with E-state index in [9.17, 15) is 8.42 Å². The van der Waals surface area contributed by atoms with Gasteiger partial charge in [0.1, 0.15) is 0 Å². The van der Waals surface area contributed by atoms with Crippen LogP contribution in [0.4, 0.5) is 0 Å². The molecule has 5 nitrogen and oxygen atoms in total.